The van der Waals surface area contributed by atoms with Gasteiger partial charge in [0.15, 0.2) is 0 Å². The molecular weight excluding hydrogens is 278 g/mol. The van der Waals surface area contributed by atoms with Gasteiger partial charge in [0.25, 0.3) is 0 Å². The zero-order valence-electron chi connectivity index (χ0n) is 13.4. The summed E-state index contributed by atoms with van der Waals surface area (Å²) in [5, 5.41) is 14.3. The van der Waals surface area contributed by atoms with E-state index >= 15 is 0 Å². The number of benzene rings is 1. The van der Waals surface area contributed by atoms with Gasteiger partial charge < -0.3 is 5.32 Å². The van der Waals surface area contributed by atoms with Gasteiger partial charge in [-0.25, -0.2) is 0 Å². The van der Waals surface area contributed by atoms with Crippen molar-refractivity contribution in [3.63, 3.8) is 0 Å². The van der Waals surface area contributed by atoms with Crippen molar-refractivity contribution in [2.24, 2.45) is 5.92 Å². The molecule has 0 saturated carbocycles. The number of nitrogens with one attached hydrogen (secondary N) is 1. The Hall–Kier alpha value is -1.26. The standard InChI is InChI=1S/C17H25N3S/c1-12(2)11-18-9-5-6-16-19-20-17(21-16)15-8-7-13(3)14(4)10-15/h7-8,10,12,18H,5-6,9,11H2,1-4H3. The monoisotopic (exact) mass is 303 g/mol. The summed E-state index contributed by atoms with van der Waals surface area (Å²) in [6.45, 7) is 10.9. The molecule has 0 atom stereocenters. The first kappa shape index (κ1) is 16.1. The number of aromatic nitrogens is 2. The molecule has 114 valence electrons. The molecule has 1 heterocycles. The van der Waals surface area contributed by atoms with E-state index < -0.39 is 0 Å². The van der Waals surface area contributed by atoms with Gasteiger partial charge in [0.05, 0.1) is 0 Å². The summed E-state index contributed by atoms with van der Waals surface area (Å²) in [6, 6.07) is 6.49. The first-order valence-electron chi connectivity index (χ1n) is 7.67. The van der Waals surface area contributed by atoms with E-state index in [2.05, 4.69) is 61.4 Å². The molecule has 2 rings (SSSR count). The third-order valence-corrected chi connectivity index (χ3v) is 4.55. The van der Waals surface area contributed by atoms with Crippen LogP contribution in [0.1, 0.15) is 36.4 Å². The molecular formula is C17H25N3S. The Morgan fingerprint density at radius 3 is 2.67 bits per heavy atom. The van der Waals surface area contributed by atoms with E-state index in [0.717, 1.165) is 35.9 Å². The number of hydrogen-bond acceptors (Lipinski definition) is 4. The molecule has 0 fully saturated rings. The van der Waals surface area contributed by atoms with Crippen molar-refractivity contribution in [3.05, 3.63) is 34.3 Å². The van der Waals surface area contributed by atoms with Gasteiger partial charge in [0, 0.05) is 12.0 Å². The predicted molar refractivity (Wildman–Crippen MR) is 90.8 cm³/mol. The molecule has 21 heavy (non-hydrogen) atoms. The minimum atomic E-state index is 0.711. The molecule has 0 aliphatic rings. The van der Waals surface area contributed by atoms with Crippen LogP contribution in [0.2, 0.25) is 0 Å². The molecule has 1 aromatic carbocycles. The molecule has 0 aliphatic carbocycles. The van der Waals surface area contributed by atoms with E-state index in [1.165, 1.54) is 16.7 Å². The zero-order valence-corrected chi connectivity index (χ0v) is 14.3. The summed E-state index contributed by atoms with van der Waals surface area (Å²) in [7, 11) is 0. The molecule has 3 nitrogen and oxygen atoms in total. The fourth-order valence-corrected chi connectivity index (χ4v) is 2.98. The molecule has 0 saturated heterocycles. The Balaban J connectivity index is 1.87. The molecule has 1 N–H and O–H groups in total. The van der Waals surface area contributed by atoms with Crippen molar-refractivity contribution in [1.82, 2.24) is 15.5 Å². The van der Waals surface area contributed by atoms with Crippen LogP contribution in [0.15, 0.2) is 18.2 Å². The van der Waals surface area contributed by atoms with Crippen LogP contribution in [0.4, 0.5) is 0 Å². The summed E-state index contributed by atoms with van der Waals surface area (Å²) in [5.41, 5.74) is 3.81. The van der Waals surface area contributed by atoms with E-state index in [4.69, 9.17) is 0 Å². The molecule has 0 bridgehead atoms. The van der Waals surface area contributed by atoms with Crippen molar-refractivity contribution in [2.75, 3.05) is 13.1 Å². The van der Waals surface area contributed by atoms with Crippen LogP contribution >= 0.6 is 11.3 Å². The van der Waals surface area contributed by atoms with Gasteiger partial charge in [0.2, 0.25) is 0 Å². The fourth-order valence-electron chi connectivity index (χ4n) is 2.10. The highest BCUT2D eigenvalue weighted by molar-refractivity contribution is 7.14. The van der Waals surface area contributed by atoms with Crippen LogP contribution in [0.5, 0.6) is 0 Å². The molecule has 4 heteroatoms. The van der Waals surface area contributed by atoms with Gasteiger partial charge in [-0.1, -0.05) is 37.3 Å². The normalized spacial score (nSPS) is 11.3. The molecule has 0 unspecified atom stereocenters. The largest absolute Gasteiger partial charge is 0.316 e. The average molecular weight is 303 g/mol. The van der Waals surface area contributed by atoms with Crippen LogP contribution in [0.3, 0.4) is 0 Å². The summed E-state index contributed by atoms with van der Waals surface area (Å²) in [6.07, 6.45) is 2.13. The number of nitrogens with zero attached hydrogens (tertiary/aromatic N) is 2. The second-order valence-electron chi connectivity index (χ2n) is 6.00. The molecule has 0 radical (unpaired) electrons. The summed E-state index contributed by atoms with van der Waals surface area (Å²) in [5.74, 6) is 0.711. The van der Waals surface area contributed by atoms with Crippen LogP contribution in [-0.4, -0.2) is 23.3 Å². The maximum atomic E-state index is 4.33. The number of rotatable bonds is 7. The van der Waals surface area contributed by atoms with Gasteiger partial charge >= 0.3 is 0 Å². The first-order chi connectivity index (χ1) is 10.1. The molecule has 1 aromatic heterocycles. The van der Waals surface area contributed by atoms with E-state index in [1.54, 1.807) is 11.3 Å². The fraction of sp³-hybridized carbons (Fsp3) is 0.529. The van der Waals surface area contributed by atoms with E-state index in [1.807, 2.05) is 0 Å². The van der Waals surface area contributed by atoms with Crippen molar-refractivity contribution in [2.45, 2.75) is 40.5 Å². The lowest BCUT2D eigenvalue weighted by atomic mass is 10.1. The predicted octanol–water partition coefficient (Wildman–Crippen LogP) is 4.00. The van der Waals surface area contributed by atoms with Gasteiger partial charge in [-0.15, -0.1) is 10.2 Å². The van der Waals surface area contributed by atoms with Gasteiger partial charge in [0.1, 0.15) is 10.0 Å². The van der Waals surface area contributed by atoms with Crippen LogP contribution < -0.4 is 5.32 Å². The van der Waals surface area contributed by atoms with E-state index in [-0.39, 0.29) is 0 Å². The Morgan fingerprint density at radius 1 is 1.14 bits per heavy atom. The van der Waals surface area contributed by atoms with Crippen molar-refractivity contribution in [3.8, 4) is 10.6 Å². The molecule has 0 amide bonds. The summed E-state index contributed by atoms with van der Waals surface area (Å²) >= 11 is 1.71. The quantitative estimate of drug-likeness (QED) is 0.786. The van der Waals surface area contributed by atoms with Crippen molar-refractivity contribution >= 4 is 11.3 Å². The summed E-state index contributed by atoms with van der Waals surface area (Å²) < 4.78 is 0. The van der Waals surface area contributed by atoms with Crippen molar-refractivity contribution < 1.29 is 0 Å². The van der Waals surface area contributed by atoms with Crippen LogP contribution in [0, 0.1) is 19.8 Å². The maximum Gasteiger partial charge on any atom is 0.147 e. The SMILES string of the molecule is Cc1ccc(-c2nnc(CCCNCC(C)C)s2)cc1C. The van der Waals surface area contributed by atoms with E-state index in [0.29, 0.717) is 5.92 Å². The molecule has 2 aromatic rings. The van der Waals surface area contributed by atoms with Crippen molar-refractivity contribution in [1.29, 1.82) is 0 Å². The lowest BCUT2D eigenvalue weighted by molar-refractivity contribution is 0.542. The second-order valence-corrected chi connectivity index (χ2v) is 7.06. The van der Waals surface area contributed by atoms with Gasteiger partial charge in [-0.05, 0) is 56.5 Å². The third-order valence-electron chi connectivity index (χ3n) is 3.52. The minimum absolute atomic E-state index is 0.711. The topological polar surface area (TPSA) is 37.8 Å². The molecule has 0 aliphatic heterocycles. The Morgan fingerprint density at radius 2 is 1.95 bits per heavy atom. The Labute approximate surface area is 131 Å². The van der Waals surface area contributed by atoms with E-state index in [9.17, 15) is 0 Å². The number of hydrogen-bond donors (Lipinski definition) is 1. The minimum Gasteiger partial charge on any atom is -0.316 e. The Bertz CT molecular complexity index is 575. The highest BCUT2D eigenvalue weighted by Gasteiger charge is 2.07. The van der Waals surface area contributed by atoms with Crippen LogP contribution in [0.25, 0.3) is 10.6 Å². The smallest absolute Gasteiger partial charge is 0.147 e. The summed E-state index contributed by atoms with van der Waals surface area (Å²) in [4.78, 5) is 0. The van der Waals surface area contributed by atoms with Gasteiger partial charge in [-0.2, -0.15) is 0 Å². The Kier molecular flexibility index (Phi) is 5.88. The first-order valence-corrected chi connectivity index (χ1v) is 8.48. The second kappa shape index (κ2) is 7.66. The molecule has 0 spiro atoms. The zero-order chi connectivity index (χ0) is 15.2. The third kappa shape index (κ3) is 4.90. The van der Waals surface area contributed by atoms with Crippen LogP contribution in [-0.2, 0) is 6.42 Å². The lowest BCUT2D eigenvalue weighted by Crippen LogP contribution is -2.21. The highest BCUT2D eigenvalue weighted by atomic mass is 32.1. The highest BCUT2D eigenvalue weighted by Crippen LogP contribution is 2.25. The van der Waals surface area contributed by atoms with Gasteiger partial charge in [-0.3, -0.25) is 0 Å². The maximum absolute atomic E-state index is 4.33. The average Bonchev–Trinajstić information content (AvgIpc) is 2.90. The number of aryl methyl sites for hydroxylation is 3. The lowest BCUT2D eigenvalue weighted by Gasteiger charge is -2.05.